The molecular weight excluding hydrogens is 881 g/mol. The van der Waals surface area contributed by atoms with Crippen molar-refractivity contribution >= 4 is 93.2 Å². The molecule has 21 heteroatoms. The van der Waals surface area contributed by atoms with Gasteiger partial charge in [0.1, 0.15) is 45.5 Å². The summed E-state index contributed by atoms with van der Waals surface area (Å²) in [6.45, 7) is 4.39. The normalized spacial score (nSPS) is 16.2. The van der Waals surface area contributed by atoms with E-state index in [1.165, 1.54) is 31.5 Å². The van der Waals surface area contributed by atoms with E-state index in [9.17, 15) is 28.8 Å². The number of aromatic nitrogens is 2. The van der Waals surface area contributed by atoms with E-state index in [1.807, 2.05) is 24.3 Å². The van der Waals surface area contributed by atoms with Crippen molar-refractivity contribution in [3.63, 3.8) is 0 Å². The van der Waals surface area contributed by atoms with Gasteiger partial charge >= 0.3 is 6.03 Å². The molecule has 2 fully saturated rings. The molecule has 7 amide bonds. The molecule has 4 heterocycles. The first-order valence-electron chi connectivity index (χ1n) is 21.0. The van der Waals surface area contributed by atoms with Gasteiger partial charge in [-0.05, 0) is 62.1 Å². The minimum absolute atomic E-state index is 0.0263. The van der Waals surface area contributed by atoms with Crippen LogP contribution in [0, 0.1) is 0 Å². The summed E-state index contributed by atoms with van der Waals surface area (Å²) < 4.78 is 10.6. The van der Waals surface area contributed by atoms with Gasteiger partial charge in [-0.2, -0.15) is 0 Å². The zero-order valence-electron chi connectivity index (χ0n) is 36.0. The van der Waals surface area contributed by atoms with Crippen LogP contribution in [0.5, 0.6) is 11.5 Å². The maximum atomic E-state index is 13.3. The maximum absolute atomic E-state index is 13.3. The second-order valence-corrected chi connectivity index (χ2v) is 16.2. The fourth-order valence-corrected chi connectivity index (χ4v) is 8.35. The van der Waals surface area contributed by atoms with Crippen molar-refractivity contribution in [2.75, 3.05) is 92.8 Å². The molecule has 2 saturated heterocycles. The molecule has 3 aromatic carbocycles. The van der Waals surface area contributed by atoms with Crippen molar-refractivity contribution < 1.29 is 38.2 Å². The Labute approximate surface area is 385 Å². The molecule has 5 N–H and O–H groups in total. The van der Waals surface area contributed by atoms with Crippen molar-refractivity contribution in [3.05, 3.63) is 82.1 Å². The molecule has 0 aliphatic carbocycles. The number of nitrogens with zero attached hydrogens (tertiary/aromatic N) is 6. The molecule has 1 atom stereocenters. The van der Waals surface area contributed by atoms with E-state index in [4.69, 9.17) is 32.7 Å². The van der Waals surface area contributed by atoms with Gasteiger partial charge < -0.3 is 35.6 Å². The van der Waals surface area contributed by atoms with Crippen LogP contribution >= 0.6 is 23.2 Å². The van der Waals surface area contributed by atoms with Crippen molar-refractivity contribution in [1.29, 1.82) is 0 Å². The van der Waals surface area contributed by atoms with E-state index in [2.05, 4.69) is 46.4 Å². The summed E-state index contributed by atoms with van der Waals surface area (Å²) in [7, 11) is 4.43. The molecule has 4 aromatic rings. The smallest absolute Gasteiger partial charge is 0.327 e. The lowest BCUT2D eigenvalue weighted by Crippen LogP contribution is -2.54. The topological polar surface area (TPSA) is 220 Å². The molecule has 1 aromatic heterocycles. The number of piperidine rings is 1. The fraction of sp³-hybridized carbons (Fsp3) is 0.364. The number of carbonyl (C=O) groups is 6. The summed E-state index contributed by atoms with van der Waals surface area (Å²) in [4.78, 5) is 91.6. The number of rotatable bonds is 17. The van der Waals surface area contributed by atoms with Crippen LogP contribution in [0.1, 0.15) is 52.8 Å². The van der Waals surface area contributed by atoms with Crippen LogP contribution in [0.3, 0.4) is 0 Å². The number of nitrogens with one attached hydrogen (secondary N) is 5. The van der Waals surface area contributed by atoms with Gasteiger partial charge in [0.05, 0.1) is 37.6 Å². The first-order chi connectivity index (χ1) is 31.4. The monoisotopic (exact) mass is 929 g/mol. The first kappa shape index (κ1) is 46.3. The molecule has 0 radical (unpaired) electrons. The molecule has 7 rings (SSSR count). The summed E-state index contributed by atoms with van der Waals surface area (Å²) in [5.74, 6) is -0.839. The molecular formula is C44H49Cl2N11O8. The zero-order valence-corrected chi connectivity index (χ0v) is 37.6. The Kier molecular flexibility index (Phi) is 14.9. The quantitative estimate of drug-likeness (QED) is 0.0685. The number of methoxy groups -OCH3 is 2. The Morgan fingerprint density at radius 3 is 2.28 bits per heavy atom. The number of amides is 7. The second-order valence-electron chi connectivity index (χ2n) is 15.5. The maximum Gasteiger partial charge on any atom is 0.327 e. The minimum atomic E-state index is -1.02. The SMILES string of the molecule is COc1cc(OC)c(Cl)c(NC(=O)N(C)c2cc(Nc3ccc(N4CCN(CC(=O)NCCCCCNc5cccc6c5C(=O)N(C5CCC(=O)NC5=O)C6=O)CC4)cc3)ncn2)c1Cl. The highest BCUT2D eigenvalue weighted by Crippen LogP contribution is 2.44. The van der Waals surface area contributed by atoms with Gasteiger partial charge in [-0.1, -0.05) is 29.3 Å². The summed E-state index contributed by atoms with van der Waals surface area (Å²) in [6, 6.07) is 14.5. The number of hydrogen-bond donors (Lipinski definition) is 5. The third-order valence-electron chi connectivity index (χ3n) is 11.3. The highest BCUT2D eigenvalue weighted by molar-refractivity contribution is 6.41. The molecule has 3 aliphatic rings. The number of ether oxygens (including phenoxy) is 2. The van der Waals surface area contributed by atoms with Gasteiger partial charge in [0.25, 0.3) is 11.8 Å². The first-order valence-corrected chi connectivity index (χ1v) is 21.8. The van der Waals surface area contributed by atoms with E-state index in [1.54, 1.807) is 31.3 Å². The van der Waals surface area contributed by atoms with Crippen LogP contribution in [0.2, 0.25) is 10.0 Å². The lowest BCUT2D eigenvalue weighted by Gasteiger charge is -2.35. The van der Waals surface area contributed by atoms with E-state index >= 15 is 0 Å². The van der Waals surface area contributed by atoms with Crippen LogP contribution in [0.15, 0.2) is 60.9 Å². The summed E-state index contributed by atoms with van der Waals surface area (Å²) in [5, 5.41) is 14.7. The van der Waals surface area contributed by atoms with E-state index in [-0.39, 0.29) is 57.1 Å². The number of unbranched alkanes of at least 4 members (excludes halogenated alkanes) is 2. The lowest BCUT2D eigenvalue weighted by molar-refractivity contribution is -0.136. The van der Waals surface area contributed by atoms with Crippen LogP contribution in [-0.4, -0.2) is 128 Å². The lowest BCUT2D eigenvalue weighted by atomic mass is 10.0. The number of hydrogen-bond acceptors (Lipinski definition) is 14. The average Bonchev–Trinajstić information content (AvgIpc) is 3.56. The van der Waals surface area contributed by atoms with E-state index < -0.39 is 35.7 Å². The number of benzene rings is 3. The number of imide groups is 2. The van der Waals surface area contributed by atoms with Crippen molar-refractivity contribution in [1.82, 2.24) is 30.4 Å². The van der Waals surface area contributed by atoms with Gasteiger partial charge in [0.15, 0.2) is 0 Å². The van der Waals surface area contributed by atoms with Crippen molar-refractivity contribution in [3.8, 4) is 11.5 Å². The van der Waals surface area contributed by atoms with Crippen LogP contribution < -0.4 is 45.9 Å². The van der Waals surface area contributed by atoms with E-state index in [0.29, 0.717) is 37.0 Å². The van der Waals surface area contributed by atoms with Gasteiger partial charge in [0.2, 0.25) is 17.7 Å². The predicted octanol–water partition coefficient (Wildman–Crippen LogP) is 5.13. The Hall–Kier alpha value is -6.70. The number of anilines is 6. The third kappa shape index (κ3) is 10.6. The highest BCUT2D eigenvalue weighted by atomic mass is 35.5. The average molecular weight is 931 g/mol. The third-order valence-corrected chi connectivity index (χ3v) is 12.1. The molecule has 1 unspecified atom stereocenters. The van der Waals surface area contributed by atoms with Crippen molar-refractivity contribution in [2.24, 2.45) is 0 Å². The van der Waals surface area contributed by atoms with Gasteiger partial charge in [-0.3, -0.25) is 44.0 Å². The molecule has 19 nitrogen and oxygen atoms in total. The van der Waals surface area contributed by atoms with Gasteiger partial charge in [0, 0.05) is 81.9 Å². The number of carbonyl (C=O) groups excluding carboxylic acids is 6. The molecule has 3 aliphatic heterocycles. The predicted molar refractivity (Wildman–Crippen MR) is 246 cm³/mol. The molecule has 65 heavy (non-hydrogen) atoms. The molecule has 0 saturated carbocycles. The Balaban J connectivity index is 0.795. The Morgan fingerprint density at radius 1 is 0.877 bits per heavy atom. The molecule has 0 bridgehead atoms. The Bertz CT molecular complexity index is 2440. The highest BCUT2D eigenvalue weighted by Gasteiger charge is 2.45. The van der Waals surface area contributed by atoms with Gasteiger partial charge in [-0.15, -0.1) is 0 Å². The van der Waals surface area contributed by atoms with Crippen molar-refractivity contribution in [2.45, 2.75) is 38.1 Å². The van der Waals surface area contributed by atoms with E-state index in [0.717, 1.165) is 61.7 Å². The standard InChI is InChI=1S/C44H49Cl2N11O8/c1-54(44(63)53-40-38(45)31(64-2)22-32(65-3)39(40)46)34-23-33(49-25-50-34)51-26-10-12-27(13-11-26)56-20-18-55(19-21-56)24-36(59)48-17-6-4-5-16-47-29-9-7-8-28-37(29)43(62)57(42(28)61)30-14-15-35(58)52-41(30)60/h7-13,22-23,25,30,47H,4-6,14-21,24H2,1-3H3,(H,48,59)(H,53,63)(H,49,50,51)(H,52,58,60). The number of fused-ring (bicyclic) bond motifs is 1. The minimum Gasteiger partial charge on any atom is -0.495 e. The summed E-state index contributed by atoms with van der Waals surface area (Å²) >= 11 is 12.9. The number of piperazine rings is 1. The van der Waals surface area contributed by atoms with Gasteiger partial charge in [-0.25, -0.2) is 14.8 Å². The molecule has 0 spiro atoms. The summed E-state index contributed by atoms with van der Waals surface area (Å²) in [6.07, 6.45) is 3.88. The number of urea groups is 1. The van der Waals surface area contributed by atoms with Crippen LogP contribution in [0.4, 0.5) is 39.2 Å². The Morgan fingerprint density at radius 2 is 1.58 bits per heavy atom. The second kappa shape index (κ2) is 20.9. The fourth-order valence-electron chi connectivity index (χ4n) is 7.76. The number of halogens is 2. The summed E-state index contributed by atoms with van der Waals surface area (Å²) in [5.41, 5.74) is 2.95. The van der Waals surface area contributed by atoms with Crippen LogP contribution in [-0.2, 0) is 14.4 Å². The zero-order chi connectivity index (χ0) is 46.2. The molecule has 342 valence electrons. The van der Waals surface area contributed by atoms with Crippen LogP contribution in [0.25, 0.3) is 0 Å². The largest absolute Gasteiger partial charge is 0.495 e.